The summed E-state index contributed by atoms with van der Waals surface area (Å²) in [5, 5.41) is 2.59. The molecule has 1 atom stereocenters. The van der Waals surface area contributed by atoms with E-state index in [0.29, 0.717) is 0 Å². The van der Waals surface area contributed by atoms with Crippen LogP contribution < -0.4 is 5.32 Å². The lowest BCUT2D eigenvalue weighted by molar-refractivity contribution is 0.0931. The van der Waals surface area contributed by atoms with Crippen LogP contribution in [0.4, 0.5) is 8.78 Å². The van der Waals surface area contributed by atoms with Gasteiger partial charge in [-0.05, 0) is 30.7 Å². The van der Waals surface area contributed by atoms with Crippen LogP contribution in [-0.2, 0) is 0 Å². The summed E-state index contributed by atoms with van der Waals surface area (Å²) in [6.45, 7) is 1.74. The second-order valence-corrected chi connectivity index (χ2v) is 6.23. The van der Waals surface area contributed by atoms with Gasteiger partial charge in [-0.2, -0.15) is 0 Å². The molecule has 110 valence electrons. The predicted octanol–water partition coefficient (Wildman–Crippen LogP) is 4.98. The van der Waals surface area contributed by atoms with Crippen molar-refractivity contribution in [3.8, 4) is 0 Å². The SMILES string of the molecule is CC(NC(=O)c1c(F)cc(Br)cc1F)c1ccccc1Br. The highest BCUT2D eigenvalue weighted by Gasteiger charge is 2.21. The Kier molecular flexibility index (Phi) is 5.11. The summed E-state index contributed by atoms with van der Waals surface area (Å²) >= 11 is 6.35. The molecule has 0 saturated heterocycles. The van der Waals surface area contributed by atoms with E-state index >= 15 is 0 Å². The standard InChI is InChI=1S/C15H11Br2F2NO/c1-8(10-4-2-3-5-11(10)17)20-15(21)14-12(18)6-9(16)7-13(14)19/h2-8H,1H3,(H,20,21). The molecule has 0 aliphatic carbocycles. The maximum absolute atomic E-state index is 13.8. The highest BCUT2D eigenvalue weighted by molar-refractivity contribution is 9.10. The molecule has 21 heavy (non-hydrogen) atoms. The second kappa shape index (κ2) is 6.66. The number of halogens is 4. The molecule has 0 saturated carbocycles. The van der Waals surface area contributed by atoms with E-state index in [2.05, 4.69) is 37.2 Å². The molecule has 2 aromatic rings. The Morgan fingerprint density at radius 3 is 2.29 bits per heavy atom. The zero-order valence-electron chi connectivity index (χ0n) is 11.0. The number of carbonyl (C=O) groups is 1. The third kappa shape index (κ3) is 3.68. The Morgan fingerprint density at radius 1 is 1.14 bits per heavy atom. The molecule has 0 fully saturated rings. The summed E-state index contributed by atoms with van der Waals surface area (Å²) in [6, 6.07) is 9.04. The van der Waals surface area contributed by atoms with Crippen LogP contribution in [0, 0.1) is 11.6 Å². The van der Waals surface area contributed by atoms with Crippen molar-refractivity contribution in [1.82, 2.24) is 5.32 Å². The average Bonchev–Trinajstić information content (AvgIpc) is 2.37. The number of amides is 1. The molecule has 0 aromatic heterocycles. The topological polar surface area (TPSA) is 29.1 Å². The summed E-state index contributed by atoms with van der Waals surface area (Å²) < 4.78 is 28.6. The van der Waals surface area contributed by atoms with E-state index in [-0.39, 0.29) is 4.47 Å². The lowest BCUT2D eigenvalue weighted by Gasteiger charge is -2.16. The fraction of sp³-hybridized carbons (Fsp3) is 0.133. The Morgan fingerprint density at radius 2 is 1.71 bits per heavy atom. The number of hydrogen-bond acceptors (Lipinski definition) is 1. The maximum Gasteiger partial charge on any atom is 0.257 e. The van der Waals surface area contributed by atoms with Crippen LogP contribution >= 0.6 is 31.9 Å². The first-order valence-electron chi connectivity index (χ1n) is 6.10. The maximum atomic E-state index is 13.8. The molecular formula is C15H11Br2F2NO. The second-order valence-electron chi connectivity index (χ2n) is 4.46. The number of nitrogens with one attached hydrogen (secondary N) is 1. The summed E-state index contributed by atoms with van der Waals surface area (Å²) in [4.78, 5) is 12.1. The number of benzene rings is 2. The van der Waals surface area contributed by atoms with Crippen LogP contribution in [-0.4, -0.2) is 5.91 Å². The van der Waals surface area contributed by atoms with Gasteiger partial charge >= 0.3 is 0 Å². The molecule has 0 aliphatic heterocycles. The van der Waals surface area contributed by atoms with E-state index in [9.17, 15) is 13.6 Å². The van der Waals surface area contributed by atoms with E-state index < -0.39 is 29.1 Å². The molecule has 0 bridgehead atoms. The van der Waals surface area contributed by atoms with Gasteiger partial charge in [0.15, 0.2) is 0 Å². The van der Waals surface area contributed by atoms with Gasteiger partial charge in [-0.1, -0.05) is 50.1 Å². The predicted molar refractivity (Wildman–Crippen MR) is 84.1 cm³/mol. The van der Waals surface area contributed by atoms with Gasteiger partial charge < -0.3 is 5.32 Å². The molecule has 2 aromatic carbocycles. The van der Waals surface area contributed by atoms with Crippen LogP contribution in [0.15, 0.2) is 45.3 Å². The number of carbonyl (C=O) groups excluding carboxylic acids is 1. The summed E-state index contributed by atoms with van der Waals surface area (Å²) in [7, 11) is 0. The zero-order valence-corrected chi connectivity index (χ0v) is 14.1. The highest BCUT2D eigenvalue weighted by Crippen LogP contribution is 2.24. The first kappa shape index (κ1) is 16.1. The minimum atomic E-state index is -0.904. The monoisotopic (exact) mass is 417 g/mol. The van der Waals surface area contributed by atoms with E-state index in [0.717, 1.165) is 22.2 Å². The van der Waals surface area contributed by atoms with Crippen molar-refractivity contribution >= 4 is 37.8 Å². The molecule has 2 rings (SSSR count). The molecule has 1 N–H and O–H groups in total. The molecule has 6 heteroatoms. The normalized spacial score (nSPS) is 12.0. The minimum Gasteiger partial charge on any atom is -0.345 e. The fourth-order valence-electron chi connectivity index (χ4n) is 1.93. The van der Waals surface area contributed by atoms with Gasteiger partial charge in [0.25, 0.3) is 5.91 Å². The first-order valence-corrected chi connectivity index (χ1v) is 7.68. The van der Waals surface area contributed by atoms with Crippen LogP contribution in [0.2, 0.25) is 0 Å². The molecule has 1 amide bonds. The molecule has 0 heterocycles. The van der Waals surface area contributed by atoms with E-state index in [1.165, 1.54) is 0 Å². The van der Waals surface area contributed by atoms with E-state index in [1.807, 2.05) is 24.3 Å². The lowest BCUT2D eigenvalue weighted by atomic mass is 10.1. The third-order valence-electron chi connectivity index (χ3n) is 2.95. The van der Waals surface area contributed by atoms with Gasteiger partial charge in [-0.3, -0.25) is 4.79 Å². The Hall–Kier alpha value is -1.27. The van der Waals surface area contributed by atoms with E-state index in [4.69, 9.17) is 0 Å². The van der Waals surface area contributed by atoms with Gasteiger partial charge in [-0.25, -0.2) is 8.78 Å². The minimum absolute atomic E-state index is 0.243. The van der Waals surface area contributed by atoms with Gasteiger partial charge in [0.2, 0.25) is 0 Å². The summed E-state index contributed by atoms with van der Waals surface area (Å²) in [5.41, 5.74) is 0.237. The molecule has 0 radical (unpaired) electrons. The van der Waals surface area contributed by atoms with Crippen molar-refractivity contribution in [2.24, 2.45) is 0 Å². The first-order chi connectivity index (χ1) is 9.90. The molecule has 0 spiro atoms. The van der Waals surface area contributed by atoms with E-state index in [1.54, 1.807) is 6.92 Å². The van der Waals surface area contributed by atoms with Crippen LogP contribution in [0.25, 0.3) is 0 Å². The van der Waals surface area contributed by atoms with Crippen molar-refractivity contribution in [3.05, 3.63) is 68.1 Å². The van der Waals surface area contributed by atoms with Gasteiger partial charge in [0.1, 0.15) is 17.2 Å². The molecular weight excluding hydrogens is 408 g/mol. The van der Waals surface area contributed by atoms with Crippen LogP contribution in [0.5, 0.6) is 0 Å². The van der Waals surface area contributed by atoms with Gasteiger partial charge in [0.05, 0.1) is 6.04 Å². The van der Waals surface area contributed by atoms with Gasteiger partial charge in [0, 0.05) is 8.95 Å². The van der Waals surface area contributed by atoms with Crippen molar-refractivity contribution < 1.29 is 13.6 Å². The van der Waals surface area contributed by atoms with Crippen molar-refractivity contribution in [2.75, 3.05) is 0 Å². The third-order valence-corrected chi connectivity index (χ3v) is 4.13. The highest BCUT2D eigenvalue weighted by atomic mass is 79.9. The largest absolute Gasteiger partial charge is 0.345 e. The Bertz CT molecular complexity index is 668. The average molecular weight is 419 g/mol. The molecule has 2 nitrogen and oxygen atoms in total. The summed E-state index contributed by atoms with van der Waals surface area (Å²) in [6.07, 6.45) is 0. The summed E-state index contributed by atoms with van der Waals surface area (Å²) in [5.74, 6) is -2.60. The Labute approximate surface area is 137 Å². The van der Waals surface area contributed by atoms with Crippen molar-refractivity contribution in [3.63, 3.8) is 0 Å². The zero-order chi connectivity index (χ0) is 15.6. The molecule has 1 unspecified atom stereocenters. The quantitative estimate of drug-likeness (QED) is 0.748. The molecule has 0 aliphatic rings. The van der Waals surface area contributed by atoms with Gasteiger partial charge in [-0.15, -0.1) is 0 Å². The smallest absolute Gasteiger partial charge is 0.257 e. The Balaban J connectivity index is 2.25. The van der Waals surface area contributed by atoms with Crippen LogP contribution in [0.1, 0.15) is 28.9 Å². The fourth-order valence-corrected chi connectivity index (χ4v) is 2.96. The number of hydrogen-bond donors (Lipinski definition) is 1. The lowest BCUT2D eigenvalue weighted by Crippen LogP contribution is -2.28. The number of rotatable bonds is 3. The van der Waals surface area contributed by atoms with Crippen molar-refractivity contribution in [1.29, 1.82) is 0 Å². The van der Waals surface area contributed by atoms with Crippen molar-refractivity contribution in [2.45, 2.75) is 13.0 Å². The van der Waals surface area contributed by atoms with Crippen LogP contribution in [0.3, 0.4) is 0 Å².